The molecule has 0 radical (unpaired) electrons. The third-order valence-corrected chi connectivity index (χ3v) is 5.92. The van der Waals surface area contributed by atoms with E-state index in [0.717, 1.165) is 29.0 Å². The fourth-order valence-corrected chi connectivity index (χ4v) is 4.37. The fraction of sp³-hybridized carbons (Fsp3) is 0.500. The van der Waals surface area contributed by atoms with Gasteiger partial charge in [0.1, 0.15) is 37.3 Å². The first-order valence-electron chi connectivity index (χ1n) is 10.5. The zero-order chi connectivity index (χ0) is 19.9. The smallest absolute Gasteiger partial charge is 0.137 e. The maximum atomic E-state index is 10.7. The molecular formula is C24H34NO3+. The molecule has 28 heavy (non-hydrogen) atoms. The number of benzene rings is 2. The van der Waals surface area contributed by atoms with Gasteiger partial charge in [0.05, 0.1) is 6.04 Å². The molecule has 152 valence electrons. The van der Waals surface area contributed by atoms with Crippen molar-refractivity contribution in [1.82, 2.24) is 0 Å². The van der Waals surface area contributed by atoms with E-state index >= 15 is 0 Å². The summed E-state index contributed by atoms with van der Waals surface area (Å²) in [6.45, 7) is 5.73. The summed E-state index contributed by atoms with van der Waals surface area (Å²) in [4.78, 5) is 1.35. The van der Waals surface area contributed by atoms with Crippen LogP contribution in [0.4, 0.5) is 0 Å². The molecule has 1 aliphatic rings. The lowest BCUT2D eigenvalue weighted by atomic mass is 9.93. The molecule has 2 aromatic rings. The van der Waals surface area contributed by atoms with Gasteiger partial charge in [-0.25, -0.2) is 0 Å². The fourth-order valence-electron chi connectivity index (χ4n) is 4.37. The van der Waals surface area contributed by atoms with Gasteiger partial charge in [0.2, 0.25) is 0 Å². The van der Waals surface area contributed by atoms with Gasteiger partial charge in [0.25, 0.3) is 0 Å². The number of hydrogen-bond donors (Lipinski definition) is 3. The molecule has 0 amide bonds. The monoisotopic (exact) mass is 384 g/mol. The van der Waals surface area contributed by atoms with Crippen LogP contribution in [0.1, 0.15) is 48.8 Å². The number of para-hydroxylation sites is 2. The predicted molar refractivity (Wildman–Crippen MR) is 112 cm³/mol. The Kier molecular flexibility index (Phi) is 7.35. The van der Waals surface area contributed by atoms with Crippen LogP contribution in [-0.2, 0) is 6.54 Å². The minimum atomic E-state index is -0.540. The Morgan fingerprint density at radius 2 is 1.68 bits per heavy atom. The number of quaternary nitrogens is 1. The van der Waals surface area contributed by atoms with Crippen LogP contribution in [0, 0.1) is 13.8 Å². The number of aliphatic hydroxyl groups is 1. The van der Waals surface area contributed by atoms with Crippen molar-refractivity contribution in [3.8, 4) is 11.5 Å². The Bertz CT molecular complexity index is 735. The summed E-state index contributed by atoms with van der Waals surface area (Å²) in [6, 6.07) is 14.2. The first-order valence-corrected chi connectivity index (χ1v) is 10.5. The molecule has 0 aromatic heterocycles. The lowest BCUT2D eigenvalue weighted by Crippen LogP contribution is -3.15. The average molecular weight is 385 g/mol. The highest BCUT2D eigenvalue weighted by Crippen LogP contribution is 2.22. The first kappa shape index (κ1) is 20.7. The number of hydrogen-bond acceptors (Lipinski definition) is 3. The van der Waals surface area contributed by atoms with Crippen LogP contribution in [0.2, 0.25) is 0 Å². The number of rotatable bonds is 8. The second kappa shape index (κ2) is 9.94. The van der Waals surface area contributed by atoms with Crippen molar-refractivity contribution in [2.75, 3.05) is 13.2 Å². The van der Waals surface area contributed by atoms with E-state index in [2.05, 4.69) is 0 Å². The summed E-state index contributed by atoms with van der Waals surface area (Å²) in [5.41, 5.74) is 3.14. The molecular weight excluding hydrogens is 350 g/mol. The molecule has 1 fully saturated rings. The van der Waals surface area contributed by atoms with E-state index in [0.29, 0.717) is 24.9 Å². The Morgan fingerprint density at radius 1 is 1.00 bits per heavy atom. The van der Waals surface area contributed by atoms with E-state index in [1.54, 1.807) is 6.07 Å². The van der Waals surface area contributed by atoms with Crippen molar-refractivity contribution < 1.29 is 19.8 Å². The maximum Gasteiger partial charge on any atom is 0.137 e. The second-order valence-electron chi connectivity index (χ2n) is 8.19. The molecule has 0 bridgehead atoms. The Morgan fingerprint density at radius 3 is 2.36 bits per heavy atom. The number of phenols is 1. The van der Waals surface area contributed by atoms with E-state index in [1.807, 2.05) is 50.2 Å². The normalized spacial score (nSPS) is 17.2. The zero-order valence-electron chi connectivity index (χ0n) is 17.2. The molecule has 4 nitrogen and oxygen atoms in total. The van der Waals surface area contributed by atoms with Gasteiger partial charge in [0, 0.05) is 5.56 Å². The van der Waals surface area contributed by atoms with Crippen molar-refractivity contribution in [2.24, 2.45) is 0 Å². The van der Waals surface area contributed by atoms with Crippen LogP contribution < -0.4 is 9.64 Å². The minimum Gasteiger partial charge on any atom is -0.507 e. The van der Waals surface area contributed by atoms with E-state index in [-0.39, 0.29) is 0 Å². The molecule has 3 rings (SSSR count). The van der Waals surface area contributed by atoms with Crippen molar-refractivity contribution in [1.29, 1.82) is 0 Å². The van der Waals surface area contributed by atoms with Crippen molar-refractivity contribution in [3.05, 3.63) is 59.2 Å². The van der Waals surface area contributed by atoms with Gasteiger partial charge in [-0.2, -0.15) is 0 Å². The number of ether oxygens (including phenoxy) is 1. The SMILES string of the molecule is Cc1cccc(C)c1OC[C@@H](O)C[NH+](Cc1ccccc1O)C1CCCCC1. The van der Waals surface area contributed by atoms with E-state index < -0.39 is 6.10 Å². The first-order chi connectivity index (χ1) is 13.5. The van der Waals surface area contributed by atoms with E-state index in [4.69, 9.17) is 4.74 Å². The van der Waals surface area contributed by atoms with Crippen LogP contribution in [0.5, 0.6) is 11.5 Å². The molecule has 2 atom stereocenters. The van der Waals surface area contributed by atoms with Gasteiger partial charge >= 0.3 is 0 Å². The Balaban J connectivity index is 1.65. The number of aliphatic hydroxyl groups excluding tert-OH is 1. The molecule has 3 N–H and O–H groups in total. The van der Waals surface area contributed by atoms with Crippen molar-refractivity contribution in [2.45, 2.75) is 64.6 Å². The number of aryl methyl sites for hydroxylation is 2. The number of nitrogens with one attached hydrogen (secondary N) is 1. The Hall–Kier alpha value is -2.04. The highest BCUT2D eigenvalue weighted by Gasteiger charge is 2.28. The van der Waals surface area contributed by atoms with Crippen LogP contribution in [-0.4, -0.2) is 35.5 Å². The highest BCUT2D eigenvalue weighted by atomic mass is 16.5. The molecule has 0 spiro atoms. The summed E-state index contributed by atoms with van der Waals surface area (Å²) in [6.07, 6.45) is 5.65. The molecule has 4 heteroatoms. The van der Waals surface area contributed by atoms with Crippen molar-refractivity contribution in [3.63, 3.8) is 0 Å². The summed E-state index contributed by atoms with van der Waals surface area (Å²) in [7, 11) is 0. The van der Waals surface area contributed by atoms with Crippen molar-refractivity contribution >= 4 is 0 Å². The van der Waals surface area contributed by atoms with Gasteiger partial charge in [-0.1, -0.05) is 36.8 Å². The van der Waals surface area contributed by atoms with Gasteiger partial charge in [-0.3, -0.25) is 0 Å². The van der Waals surface area contributed by atoms with Gasteiger partial charge in [-0.15, -0.1) is 0 Å². The maximum absolute atomic E-state index is 10.7. The van der Waals surface area contributed by atoms with Crippen LogP contribution in [0.25, 0.3) is 0 Å². The van der Waals surface area contributed by atoms with Crippen LogP contribution in [0.15, 0.2) is 42.5 Å². The topological polar surface area (TPSA) is 54.1 Å². The molecule has 2 aromatic carbocycles. The molecule has 1 saturated carbocycles. The van der Waals surface area contributed by atoms with Gasteiger partial charge in [0.15, 0.2) is 0 Å². The highest BCUT2D eigenvalue weighted by molar-refractivity contribution is 5.39. The summed E-state index contributed by atoms with van der Waals surface area (Å²) in [5, 5.41) is 20.9. The standard InChI is InChI=1S/C24H33NO3/c1-18-9-8-10-19(2)24(18)28-17-22(26)16-25(21-12-4-3-5-13-21)15-20-11-6-7-14-23(20)27/h6-11,14,21-22,26-27H,3-5,12-13,15-17H2,1-2H3/p+1/t22-/m0/s1. The third kappa shape index (κ3) is 5.49. The zero-order valence-corrected chi connectivity index (χ0v) is 17.2. The lowest BCUT2D eigenvalue weighted by Gasteiger charge is -2.33. The largest absolute Gasteiger partial charge is 0.507 e. The predicted octanol–water partition coefficient (Wildman–Crippen LogP) is 3.17. The van der Waals surface area contributed by atoms with Gasteiger partial charge in [-0.05, 0) is 62.8 Å². The lowest BCUT2D eigenvalue weighted by molar-refractivity contribution is -0.943. The number of aromatic hydroxyl groups is 1. The summed E-state index contributed by atoms with van der Waals surface area (Å²) < 4.78 is 5.98. The Labute approximate surface area is 168 Å². The summed E-state index contributed by atoms with van der Waals surface area (Å²) in [5.74, 6) is 1.22. The molecule has 1 unspecified atom stereocenters. The third-order valence-electron chi connectivity index (χ3n) is 5.92. The van der Waals surface area contributed by atoms with E-state index in [9.17, 15) is 10.2 Å². The quantitative estimate of drug-likeness (QED) is 0.655. The summed E-state index contributed by atoms with van der Waals surface area (Å²) >= 11 is 0. The molecule has 0 heterocycles. The van der Waals surface area contributed by atoms with E-state index in [1.165, 1.54) is 37.0 Å². The minimum absolute atomic E-state index is 0.294. The van der Waals surface area contributed by atoms with Crippen LogP contribution in [0.3, 0.4) is 0 Å². The molecule has 0 aliphatic heterocycles. The van der Waals surface area contributed by atoms with Gasteiger partial charge < -0.3 is 19.8 Å². The second-order valence-corrected chi connectivity index (χ2v) is 8.19. The number of phenolic OH excluding ortho intramolecular Hbond substituents is 1. The molecule has 0 saturated heterocycles. The molecule has 1 aliphatic carbocycles. The average Bonchev–Trinajstić information content (AvgIpc) is 2.69. The van der Waals surface area contributed by atoms with Crippen LogP contribution >= 0.6 is 0 Å².